The van der Waals surface area contributed by atoms with Gasteiger partial charge in [-0.3, -0.25) is 0 Å². The molecule has 0 aliphatic carbocycles. The van der Waals surface area contributed by atoms with Crippen molar-refractivity contribution in [2.75, 3.05) is 4.90 Å². The predicted octanol–water partition coefficient (Wildman–Crippen LogP) is 14.4. The van der Waals surface area contributed by atoms with Crippen LogP contribution in [0.25, 0.3) is 71.6 Å². The molecule has 0 bridgehead atoms. The van der Waals surface area contributed by atoms with Crippen LogP contribution in [0.5, 0.6) is 0 Å². The van der Waals surface area contributed by atoms with Gasteiger partial charge in [0.15, 0.2) is 0 Å². The van der Waals surface area contributed by atoms with Crippen molar-refractivity contribution >= 4 is 49.6 Å². The van der Waals surface area contributed by atoms with E-state index in [9.17, 15) is 0 Å². The van der Waals surface area contributed by atoms with Gasteiger partial charge in [-0.15, -0.1) is 0 Å². The van der Waals surface area contributed by atoms with E-state index in [1.807, 2.05) is 0 Å². The summed E-state index contributed by atoms with van der Waals surface area (Å²) < 4.78 is 2.37. The summed E-state index contributed by atoms with van der Waals surface area (Å²) in [6.45, 7) is 0. The molecule has 10 aromatic rings. The Bertz CT molecular complexity index is 2840. The van der Waals surface area contributed by atoms with Crippen LogP contribution in [-0.4, -0.2) is 4.57 Å². The van der Waals surface area contributed by atoms with Crippen LogP contribution in [0.15, 0.2) is 218 Å². The summed E-state index contributed by atoms with van der Waals surface area (Å²) in [6.07, 6.45) is 0. The molecule has 0 radical (unpaired) electrons. The lowest BCUT2D eigenvalue weighted by Crippen LogP contribution is -2.10. The van der Waals surface area contributed by atoms with Gasteiger partial charge in [0, 0.05) is 33.2 Å². The van der Waals surface area contributed by atoms with Gasteiger partial charge < -0.3 is 9.47 Å². The SMILES string of the molecule is c1ccc(-c2cccc(-c3ccc(N(c4ccc(-c5ccc(-n6c7ccccc7c7ccccc76)cc5)cc4)c4cccc5ccccc45)cc3)c2)cc1. The van der Waals surface area contributed by atoms with Crippen molar-refractivity contribution in [3.63, 3.8) is 0 Å². The van der Waals surface area contributed by atoms with Crippen LogP contribution in [0, 0.1) is 0 Å². The Morgan fingerprint density at radius 3 is 1.33 bits per heavy atom. The minimum atomic E-state index is 1.11. The molecule has 0 unspecified atom stereocenters. The third kappa shape index (κ3) is 5.62. The Balaban J connectivity index is 1.00. The summed E-state index contributed by atoms with van der Waals surface area (Å²) in [5.74, 6) is 0. The molecule has 0 spiro atoms. The van der Waals surface area contributed by atoms with Crippen molar-refractivity contribution in [2.45, 2.75) is 0 Å². The molecule has 54 heavy (non-hydrogen) atoms. The molecule has 0 fully saturated rings. The van der Waals surface area contributed by atoms with Gasteiger partial charge in [-0.1, -0.05) is 158 Å². The lowest BCUT2D eigenvalue weighted by Gasteiger charge is -2.27. The van der Waals surface area contributed by atoms with Gasteiger partial charge in [0.2, 0.25) is 0 Å². The molecule has 1 aromatic heterocycles. The molecule has 10 rings (SSSR count). The molecule has 0 saturated carbocycles. The van der Waals surface area contributed by atoms with Crippen LogP contribution in [0.2, 0.25) is 0 Å². The maximum atomic E-state index is 2.38. The van der Waals surface area contributed by atoms with Gasteiger partial charge in [0.1, 0.15) is 0 Å². The molecule has 9 aromatic carbocycles. The smallest absolute Gasteiger partial charge is 0.0541 e. The van der Waals surface area contributed by atoms with E-state index in [1.165, 1.54) is 66.0 Å². The lowest BCUT2D eigenvalue weighted by atomic mass is 9.98. The minimum Gasteiger partial charge on any atom is -0.310 e. The fourth-order valence-corrected chi connectivity index (χ4v) is 7.95. The third-order valence-electron chi connectivity index (χ3n) is 10.6. The van der Waals surface area contributed by atoms with Crippen molar-refractivity contribution in [1.29, 1.82) is 0 Å². The second-order valence-corrected chi connectivity index (χ2v) is 13.8. The van der Waals surface area contributed by atoms with Gasteiger partial charge >= 0.3 is 0 Å². The van der Waals surface area contributed by atoms with Gasteiger partial charge in [0.05, 0.1) is 16.7 Å². The van der Waals surface area contributed by atoms with E-state index in [1.54, 1.807) is 0 Å². The average molecular weight is 689 g/mol. The normalized spacial score (nSPS) is 11.3. The van der Waals surface area contributed by atoms with E-state index in [2.05, 4.69) is 228 Å². The average Bonchev–Trinajstić information content (AvgIpc) is 3.59. The fraction of sp³-hybridized carbons (Fsp3) is 0. The zero-order valence-electron chi connectivity index (χ0n) is 29.7. The molecule has 1 heterocycles. The Kier molecular flexibility index (Phi) is 7.85. The first-order valence-corrected chi connectivity index (χ1v) is 18.5. The molecular formula is C52H36N2. The van der Waals surface area contributed by atoms with E-state index in [0.29, 0.717) is 0 Å². The second kappa shape index (κ2) is 13.4. The number of hydrogen-bond donors (Lipinski definition) is 0. The molecule has 0 amide bonds. The lowest BCUT2D eigenvalue weighted by molar-refractivity contribution is 1.18. The first-order valence-electron chi connectivity index (χ1n) is 18.5. The zero-order valence-corrected chi connectivity index (χ0v) is 29.7. The highest BCUT2D eigenvalue weighted by Gasteiger charge is 2.17. The number of para-hydroxylation sites is 2. The number of benzene rings is 9. The molecule has 254 valence electrons. The highest BCUT2D eigenvalue weighted by molar-refractivity contribution is 6.09. The number of nitrogens with zero attached hydrogens (tertiary/aromatic N) is 2. The van der Waals surface area contributed by atoms with E-state index in [4.69, 9.17) is 0 Å². The number of aromatic nitrogens is 1. The first-order chi connectivity index (χ1) is 26.8. The minimum absolute atomic E-state index is 1.11. The Morgan fingerprint density at radius 1 is 0.296 bits per heavy atom. The highest BCUT2D eigenvalue weighted by Crippen LogP contribution is 2.41. The molecule has 2 nitrogen and oxygen atoms in total. The number of hydrogen-bond acceptors (Lipinski definition) is 1. The number of anilines is 3. The summed E-state index contributed by atoms with van der Waals surface area (Å²) in [5, 5.41) is 4.98. The molecule has 0 aliphatic rings. The Labute approximate surface area is 315 Å². The highest BCUT2D eigenvalue weighted by atomic mass is 15.1. The van der Waals surface area contributed by atoms with Crippen LogP contribution in [-0.2, 0) is 0 Å². The topological polar surface area (TPSA) is 8.17 Å². The van der Waals surface area contributed by atoms with Gasteiger partial charge in [0.25, 0.3) is 0 Å². The van der Waals surface area contributed by atoms with Crippen molar-refractivity contribution in [1.82, 2.24) is 4.57 Å². The molecule has 0 saturated heterocycles. The van der Waals surface area contributed by atoms with Gasteiger partial charge in [-0.25, -0.2) is 0 Å². The fourth-order valence-electron chi connectivity index (χ4n) is 7.95. The predicted molar refractivity (Wildman–Crippen MR) is 229 cm³/mol. The summed E-state index contributed by atoms with van der Waals surface area (Å²) >= 11 is 0. The number of fused-ring (bicyclic) bond motifs is 4. The van der Waals surface area contributed by atoms with Crippen molar-refractivity contribution in [2.24, 2.45) is 0 Å². The quantitative estimate of drug-likeness (QED) is 0.162. The summed E-state index contributed by atoms with van der Waals surface area (Å²) in [5.41, 5.74) is 14.2. The standard InChI is InChI=1S/C52H36N2/c1-2-12-37(13-3-1)42-16-10-17-43(36-42)40-28-32-45(33-29-40)53(50-23-11-15-41-14-4-5-18-47(41)50)44-30-24-38(25-31-44)39-26-34-46(35-27-39)54-51-21-8-6-19-48(51)49-20-7-9-22-52(49)54/h1-36H. The van der Waals surface area contributed by atoms with E-state index in [0.717, 1.165) is 22.7 Å². The molecule has 2 heteroatoms. The van der Waals surface area contributed by atoms with Crippen LogP contribution >= 0.6 is 0 Å². The molecule has 0 atom stereocenters. The maximum Gasteiger partial charge on any atom is 0.0541 e. The molecular weight excluding hydrogens is 653 g/mol. The first kappa shape index (κ1) is 31.6. The van der Waals surface area contributed by atoms with Crippen molar-refractivity contribution in [3.8, 4) is 39.1 Å². The van der Waals surface area contributed by atoms with E-state index < -0.39 is 0 Å². The van der Waals surface area contributed by atoms with Crippen LogP contribution in [0.4, 0.5) is 17.1 Å². The van der Waals surface area contributed by atoms with E-state index >= 15 is 0 Å². The Hall–Kier alpha value is -7.16. The largest absolute Gasteiger partial charge is 0.310 e. The van der Waals surface area contributed by atoms with Crippen molar-refractivity contribution < 1.29 is 0 Å². The maximum absolute atomic E-state index is 2.38. The summed E-state index contributed by atoms with van der Waals surface area (Å²) in [6, 6.07) is 78.8. The van der Waals surface area contributed by atoms with Crippen LogP contribution in [0.1, 0.15) is 0 Å². The molecule has 0 aliphatic heterocycles. The van der Waals surface area contributed by atoms with Crippen LogP contribution < -0.4 is 4.90 Å². The Morgan fingerprint density at radius 2 is 0.722 bits per heavy atom. The second-order valence-electron chi connectivity index (χ2n) is 13.8. The van der Waals surface area contributed by atoms with Crippen LogP contribution in [0.3, 0.4) is 0 Å². The van der Waals surface area contributed by atoms with Gasteiger partial charge in [-0.05, 0) is 99.4 Å². The number of rotatable bonds is 7. The molecule has 0 N–H and O–H groups in total. The third-order valence-corrected chi connectivity index (χ3v) is 10.6. The summed E-state index contributed by atoms with van der Waals surface area (Å²) in [4.78, 5) is 2.38. The zero-order chi connectivity index (χ0) is 35.8. The summed E-state index contributed by atoms with van der Waals surface area (Å²) in [7, 11) is 0. The van der Waals surface area contributed by atoms with E-state index in [-0.39, 0.29) is 0 Å². The monoisotopic (exact) mass is 688 g/mol. The van der Waals surface area contributed by atoms with Crippen molar-refractivity contribution in [3.05, 3.63) is 218 Å². The van der Waals surface area contributed by atoms with Gasteiger partial charge in [-0.2, -0.15) is 0 Å².